The molecule has 5 heteroatoms. The summed E-state index contributed by atoms with van der Waals surface area (Å²) in [7, 11) is 1.91. The van der Waals surface area contributed by atoms with Crippen molar-refractivity contribution in [3.63, 3.8) is 0 Å². The zero-order valence-corrected chi connectivity index (χ0v) is 14.1. The molecule has 17 heavy (non-hydrogen) atoms. The van der Waals surface area contributed by atoms with E-state index in [2.05, 4.69) is 60.6 Å². The maximum absolute atomic E-state index is 4.71. The van der Waals surface area contributed by atoms with E-state index >= 15 is 0 Å². The van der Waals surface area contributed by atoms with E-state index in [-0.39, 0.29) is 5.41 Å². The average molecular weight is 365 g/mol. The molecule has 1 rings (SSSR count). The van der Waals surface area contributed by atoms with Crippen LogP contribution in [0.5, 0.6) is 0 Å². The summed E-state index contributed by atoms with van der Waals surface area (Å²) in [5, 5.41) is 3.16. The molecule has 1 aromatic heterocycles. The molecule has 0 aliphatic rings. The third kappa shape index (κ3) is 3.98. The van der Waals surface area contributed by atoms with Gasteiger partial charge in [-0.25, -0.2) is 9.97 Å². The summed E-state index contributed by atoms with van der Waals surface area (Å²) in [4.78, 5) is 9.26. The van der Waals surface area contributed by atoms with Gasteiger partial charge in [0.2, 0.25) is 0 Å². The summed E-state index contributed by atoms with van der Waals surface area (Å²) in [6, 6.07) is 0. The third-order valence-corrected chi connectivity index (χ3v) is 4.17. The Morgan fingerprint density at radius 2 is 1.94 bits per heavy atom. The molecule has 0 aliphatic carbocycles. The predicted octanol–water partition coefficient (Wildman–Crippen LogP) is 3.67. The van der Waals surface area contributed by atoms with Gasteiger partial charge in [-0.2, -0.15) is 11.8 Å². The highest BCUT2D eigenvalue weighted by Gasteiger charge is 2.22. The number of rotatable bonds is 4. The SMILES string of the molecule is CCSCc1nc(NC)c(I)c(C(C)(C)C)n1. The Kier molecular flexibility index (Phi) is 5.50. The van der Waals surface area contributed by atoms with Crippen LogP contribution >= 0.6 is 34.4 Å². The predicted molar refractivity (Wildman–Crippen MR) is 84.8 cm³/mol. The lowest BCUT2D eigenvalue weighted by Crippen LogP contribution is -2.19. The number of aromatic nitrogens is 2. The molecule has 96 valence electrons. The molecule has 0 fully saturated rings. The van der Waals surface area contributed by atoms with Gasteiger partial charge in [-0.15, -0.1) is 0 Å². The number of halogens is 1. The van der Waals surface area contributed by atoms with Crippen molar-refractivity contribution >= 4 is 40.2 Å². The van der Waals surface area contributed by atoms with Gasteiger partial charge in [0.25, 0.3) is 0 Å². The van der Waals surface area contributed by atoms with Crippen molar-refractivity contribution in [1.29, 1.82) is 0 Å². The fourth-order valence-electron chi connectivity index (χ4n) is 1.41. The Balaban J connectivity index is 3.19. The van der Waals surface area contributed by atoms with Crippen LogP contribution in [0.25, 0.3) is 0 Å². The van der Waals surface area contributed by atoms with E-state index in [1.165, 1.54) is 0 Å². The van der Waals surface area contributed by atoms with E-state index in [1.54, 1.807) is 0 Å². The summed E-state index contributed by atoms with van der Waals surface area (Å²) in [5.41, 5.74) is 1.18. The van der Waals surface area contributed by atoms with Crippen LogP contribution in [0.15, 0.2) is 0 Å². The summed E-state index contributed by atoms with van der Waals surface area (Å²) >= 11 is 4.18. The molecule has 1 aromatic rings. The molecule has 0 saturated heterocycles. The van der Waals surface area contributed by atoms with Crippen molar-refractivity contribution in [2.24, 2.45) is 0 Å². The highest BCUT2D eigenvalue weighted by Crippen LogP contribution is 2.29. The molecule has 0 atom stereocenters. The Morgan fingerprint density at radius 1 is 1.29 bits per heavy atom. The van der Waals surface area contributed by atoms with Crippen molar-refractivity contribution in [2.45, 2.75) is 38.9 Å². The number of anilines is 1. The summed E-state index contributed by atoms with van der Waals surface area (Å²) in [6.07, 6.45) is 0. The van der Waals surface area contributed by atoms with Crippen LogP contribution in [0, 0.1) is 3.57 Å². The zero-order valence-electron chi connectivity index (χ0n) is 11.1. The second kappa shape index (κ2) is 6.22. The molecule has 0 radical (unpaired) electrons. The van der Waals surface area contributed by atoms with Crippen LogP contribution in [-0.4, -0.2) is 22.8 Å². The van der Waals surface area contributed by atoms with E-state index in [0.717, 1.165) is 32.4 Å². The molecule has 3 nitrogen and oxygen atoms in total. The molecule has 0 bridgehead atoms. The highest BCUT2D eigenvalue weighted by molar-refractivity contribution is 14.1. The molecule has 1 heterocycles. The fourth-order valence-corrected chi connectivity index (χ4v) is 3.25. The number of hydrogen-bond donors (Lipinski definition) is 1. The van der Waals surface area contributed by atoms with Crippen LogP contribution in [0.4, 0.5) is 5.82 Å². The second-order valence-corrected chi connectivity index (χ2v) is 7.14. The monoisotopic (exact) mass is 365 g/mol. The van der Waals surface area contributed by atoms with Crippen LogP contribution in [0.2, 0.25) is 0 Å². The van der Waals surface area contributed by atoms with Crippen molar-refractivity contribution in [3.05, 3.63) is 15.1 Å². The lowest BCUT2D eigenvalue weighted by atomic mass is 9.92. The number of nitrogens with one attached hydrogen (secondary N) is 1. The topological polar surface area (TPSA) is 37.8 Å². The van der Waals surface area contributed by atoms with E-state index in [9.17, 15) is 0 Å². The Morgan fingerprint density at radius 3 is 2.41 bits per heavy atom. The minimum Gasteiger partial charge on any atom is -0.372 e. The molecule has 0 spiro atoms. The van der Waals surface area contributed by atoms with Gasteiger partial charge in [0.15, 0.2) is 0 Å². The van der Waals surface area contributed by atoms with E-state index in [1.807, 2.05) is 18.8 Å². The van der Waals surface area contributed by atoms with Crippen LogP contribution in [0.1, 0.15) is 39.2 Å². The van der Waals surface area contributed by atoms with Gasteiger partial charge in [-0.1, -0.05) is 27.7 Å². The van der Waals surface area contributed by atoms with Crippen LogP contribution in [0.3, 0.4) is 0 Å². The standard InChI is InChI=1S/C12H20IN3S/c1-6-17-7-8-15-10(12(2,3)4)9(13)11(14-5)16-8/h6-7H2,1-5H3,(H,14,15,16). The maximum Gasteiger partial charge on any atom is 0.143 e. The first-order chi connectivity index (χ1) is 7.90. The Labute approximate surface area is 122 Å². The lowest BCUT2D eigenvalue weighted by Gasteiger charge is -2.21. The minimum absolute atomic E-state index is 0.0523. The maximum atomic E-state index is 4.71. The molecule has 0 aromatic carbocycles. The molecular weight excluding hydrogens is 345 g/mol. The Hall–Kier alpha value is -0.0400. The summed E-state index contributed by atoms with van der Waals surface area (Å²) in [5.74, 6) is 3.84. The van der Waals surface area contributed by atoms with Gasteiger partial charge in [-0.3, -0.25) is 0 Å². The first kappa shape index (κ1) is 15.0. The first-order valence-corrected chi connectivity index (χ1v) is 7.95. The minimum atomic E-state index is 0.0523. The molecule has 0 amide bonds. The largest absolute Gasteiger partial charge is 0.372 e. The molecule has 0 saturated carbocycles. The van der Waals surface area contributed by atoms with Crippen molar-refractivity contribution in [2.75, 3.05) is 18.1 Å². The van der Waals surface area contributed by atoms with Crippen molar-refractivity contribution in [3.8, 4) is 0 Å². The van der Waals surface area contributed by atoms with Gasteiger partial charge in [-0.05, 0) is 28.3 Å². The van der Waals surface area contributed by atoms with Crippen LogP contribution in [-0.2, 0) is 11.2 Å². The van der Waals surface area contributed by atoms with Gasteiger partial charge in [0.05, 0.1) is 15.0 Å². The molecular formula is C12H20IN3S. The zero-order chi connectivity index (χ0) is 13.1. The molecule has 0 aliphatic heterocycles. The Bertz CT molecular complexity index is 388. The fraction of sp³-hybridized carbons (Fsp3) is 0.667. The number of nitrogens with zero attached hydrogens (tertiary/aromatic N) is 2. The summed E-state index contributed by atoms with van der Waals surface area (Å²) < 4.78 is 1.13. The lowest BCUT2D eigenvalue weighted by molar-refractivity contribution is 0.560. The third-order valence-electron chi connectivity index (χ3n) is 2.28. The van der Waals surface area contributed by atoms with E-state index < -0.39 is 0 Å². The van der Waals surface area contributed by atoms with Gasteiger partial charge < -0.3 is 5.32 Å². The molecule has 0 unspecified atom stereocenters. The second-order valence-electron chi connectivity index (χ2n) is 4.79. The van der Waals surface area contributed by atoms with Crippen molar-refractivity contribution < 1.29 is 0 Å². The van der Waals surface area contributed by atoms with Gasteiger partial charge in [0, 0.05) is 12.5 Å². The number of hydrogen-bond acceptors (Lipinski definition) is 4. The average Bonchev–Trinajstić information content (AvgIpc) is 2.26. The van der Waals surface area contributed by atoms with Crippen LogP contribution < -0.4 is 5.32 Å². The van der Waals surface area contributed by atoms with Gasteiger partial charge >= 0.3 is 0 Å². The smallest absolute Gasteiger partial charge is 0.143 e. The normalized spacial score (nSPS) is 11.6. The summed E-state index contributed by atoms with van der Waals surface area (Å²) in [6.45, 7) is 8.72. The quantitative estimate of drug-likeness (QED) is 0.827. The number of thioether (sulfide) groups is 1. The highest BCUT2D eigenvalue weighted by atomic mass is 127. The van der Waals surface area contributed by atoms with E-state index in [0.29, 0.717) is 0 Å². The first-order valence-electron chi connectivity index (χ1n) is 5.72. The van der Waals surface area contributed by atoms with E-state index in [4.69, 9.17) is 4.98 Å². The van der Waals surface area contributed by atoms with Gasteiger partial charge in [0.1, 0.15) is 11.6 Å². The molecule has 1 N–H and O–H groups in total. The van der Waals surface area contributed by atoms with Crippen molar-refractivity contribution in [1.82, 2.24) is 9.97 Å².